The summed E-state index contributed by atoms with van der Waals surface area (Å²) < 4.78 is 1.23. The Hall–Kier alpha value is -1.40. The zero-order chi connectivity index (χ0) is 20.4. The average Bonchev–Trinajstić information content (AvgIpc) is 3.36. The van der Waals surface area contributed by atoms with Gasteiger partial charge in [0, 0.05) is 24.2 Å². The van der Waals surface area contributed by atoms with Gasteiger partial charge in [-0.25, -0.2) is 15.0 Å². The van der Waals surface area contributed by atoms with Crippen molar-refractivity contribution in [2.24, 2.45) is 0 Å². The van der Waals surface area contributed by atoms with E-state index in [-0.39, 0.29) is 0 Å². The fourth-order valence-electron chi connectivity index (χ4n) is 4.43. The Balaban J connectivity index is 1.95. The Bertz CT molecular complexity index is 1010. The van der Waals surface area contributed by atoms with Gasteiger partial charge < -0.3 is 4.90 Å². The fraction of sp³-hybridized carbons (Fsp3) is 0.609. The summed E-state index contributed by atoms with van der Waals surface area (Å²) in [5, 5.41) is 2.20. The van der Waals surface area contributed by atoms with Crippen molar-refractivity contribution in [3.8, 4) is 0 Å². The molecule has 156 valence electrons. The highest BCUT2D eigenvalue weighted by atomic mass is 32.2. The second-order valence-corrected chi connectivity index (χ2v) is 9.67. The molecule has 3 aromatic rings. The lowest BCUT2D eigenvalue weighted by Gasteiger charge is -2.22. The van der Waals surface area contributed by atoms with Crippen LogP contribution in [0.1, 0.15) is 69.7 Å². The molecule has 1 aliphatic rings. The molecule has 0 N–H and O–H groups in total. The Kier molecular flexibility index (Phi) is 6.60. The van der Waals surface area contributed by atoms with Crippen molar-refractivity contribution in [3.63, 3.8) is 0 Å². The van der Waals surface area contributed by atoms with Crippen LogP contribution in [0.3, 0.4) is 0 Å². The molecule has 0 saturated carbocycles. The second kappa shape index (κ2) is 9.17. The molecule has 0 aliphatic heterocycles. The predicted octanol–water partition coefficient (Wildman–Crippen LogP) is 6.42. The van der Waals surface area contributed by atoms with Crippen LogP contribution in [0.2, 0.25) is 0 Å². The van der Waals surface area contributed by atoms with Crippen molar-refractivity contribution in [2.75, 3.05) is 24.2 Å². The van der Waals surface area contributed by atoms with Crippen molar-refractivity contribution >= 4 is 49.3 Å². The summed E-state index contributed by atoms with van der Waals surface area (Å²) in [6.07, 6.45) is 11.6. The number of thioether (sulfide) groups is 1. The van der Waals surface area contributed by atoms with Crippen LogP contribution in [0.5, 0.6) is 0 Å². The van der Waals surface area contributed by atoms with Crippen LogP contribution in [-0.4, -0.2) is 34.3 Å². The molecule has 0 bridgehead atoms. The fourth-order valence-corrected chi connectivity index (χ4v) is 5.97. The normalized spacial score (nSPS) is 13.5. The van der Waals surface area contributed by atoms with Crippen LogP contribution in [0.4, 0.5) is 5.82 Å². The highest BCUT2D eigenvalue weighted by Gasteiger charge is 2.25. The van der Waals surface area contributed by atoms with Crippen LogP contribution in [-0.2, 0) is 19.3 Å². The first-order valence-electron chi connectivity index (χ1n) is 11.2. The average molecular weight is 429 g/mol. The third-order valence-corrected chi connectivity index (χ3v) is 7.61. The summed E-state index contributed by atoms with van der Waals surface area (Å²) in [4.78, 5) is 18.8. The van der Waals surface area contributed by atoms with Crippen LogP contribution < -0.4 is 4.90 Å². The molecule has 6 heteroatoms. The molecule has 0 atom stereocenters. The van der Waals surface area contributed by atoms with E-state index in [0.717, 1.165) is 36.0 Å². The summed E-state index contributed by atoms with van der Waals surface area (Å²) in [6, 6.07) is 0. The van der Waals surface area contributed by atoms with E-state index in [9.17, 15) is 0 Å². The van der Waals surface area contributed by atoms with E-state index in [1.54, 1.807) is 11.8 Å². The molecule has 0 spiro atoms. The molecule has 0 fully saturated rings. The first-order chi connectivity index (χ1) is 14.2. The van der Waals surface area contributed by atoms with Gasteiger partial charge in [0.05, 0.1) is 10.2 Å². The van der Waals surface area contributed by atoms with Gasteiger partial charge in [-0.15, -0.1) is 11.3 Å². The summed E-state index contributed by atoms with van der Waals surface area (Å²) >= 11 is 3.46. The summed E-state index contributed by atoms with van der Waals surface area (Å²) in [6.45, 7) is 8.77. The molecule has 0 aromatic carbocycles. The molecule has 4 nitrogen and oxygen atoms in total. The van der Waals surface area contributed by atoms with Crippen molar-refractivity contribution in [3.05, 3.63) is 16.8 Å². The van der Waals surface area contributed by atoms with Gasteiger partial charge in [0.25, 0.3) is 0 Å². The van der Waals surface area contributed by atoms with Crippen molar-refractivity contribution in [2.45, 2.75) is 77.3 Å². The minimum Gasteiger partial charge on any atom is -0.356 e. The van der Waals surface area contributed by atoms with Gasteiger partial charge in [0.15, 0.2) is 11.0 Å². The number of rotatable bonds is 9. The van der Waals surface area contributed by atoms with E-state index in [0.29, 0.717) is 0 Å². The summed E-state index contributed by atoms with van der Waals surface area (Å²) in [5.41, 5.74) is 5.54. The molecule has 4 rings (SSSR count). The largest absolute Gasteiger partial charge is 0.356 e. The lowest BCUT2D eigenvalue weighted by Crippen LogP contribution is -2.25. The van der Waals surface area contributed by atoms with Crippen LogP contribution >= 0.6 is 23.1 Å². The number of nitrogens with zero attached hydrogens (tertiary/aromatic N) is 4. The maximum atomic E-state index is 5.19. The minimum atomic E-state index is 0.879. The van der Waals surface area contributed by atoms with Gasteiger partial charge >= 0.3 is 0 Å². The molecule has 1 aliphatic carbocycles. The van der Waals surface area contributed by atoms with E-state index >= 15 is 0 Å². The number of thiophene rings is 1. The van der Waals surface area contributed by atoms with E-state index in [1.165, 1.54) is 76.7 Å². The van der Waals surface area contributed by atoms with Crippen LogP contribution in [0, 0.1) is 0 Å². The lowest BCUT2D eigenvalue weighted by molar-refractivity contribution is 0.721. The quantitative estimate of drug-likeness (QED) is 0.290. The van der Waals surface area contributed by atoms with E-state index in [4.69, 9.17) is 15.0 Å². The lowest BCUT2D eigenvalue weighted by atomic mass is 10.0. The zero-order valence-electron chi connectivity index (χ0n) is 18.2. The third kappa shape index (κ3) is 3.86. The number of aromatic nitrogens is 3. The van der Waals surface area contributed by atoms with Crippen molar-refractivity contribution in [1.82, 2.24) is 15.0 Å². The highest BCUT2D eigenvalue weighted by Crippen LogP contribution is 2.43. The number of hydrogen-bond acceptors (Lipinski definition) is 6. The monoisotopic (exact) mass is 428 g/mol. The number of pyridine rings is 1. The SMILES string of the molecule is CCCCc1nc2sc3c(N(CC)CCCC)nc(SC)nc3c2c2c1CCC2. The van der Waals surface area contributed by atoms with E-state index < -0.39 is 0 Å². The molecule has 0 radical (unpaired) electrons. The number of hydrogen-bond donors (Lipinski definition) is 0. The molecule has 29 heavy (non-hydrogen) atoms. The number of fused-ring (bicyclic) bond motifs is 5. The molecular formula is C23H32N4S2. The number of aryl methyl sites for hydroxylation is 2. The summed E-state index contributed by atoms with van der Waals surface area (Å²) in [7, 11) is 0. The molecule has 3 aromatic heterocycles. The third-order valence-electron chi connectivity index (χ3n) is 5.99. The van der Waals surface area contributed by atoms with Gasteiger partial charge in [-0.05, 0) is 62.8 Å². The van der Waals surface area contributed by atoms with Crippen LogP contribution in [0.15, 0.2) is 5.16 Å². The Morgan fingerprint density at radius 1 is 1.00 bits per heavy atom. The number of anilines is 1. The van der Waals surface area contributed by atoms with Crippen molar-refractivity contribution < 1.29 is 0 Å². The second-order valence-electron chi connectivity index (χ2n) is 7.90. The Labute approximate surface area is 182 Å². The van der Waals surface area contributed by atoms with Gasteiger partial charge in [-0.2, -0.15) is 0 Å². The topological polar surface area (TPSA) is 41.9 Å². The maximum Gasteiger partial charge on any atom is 0.189 e. The molecule has 0 saturated heterocycles. The number of unbranched alkanes of at least 4 members (excludes halogenated alkanes) is 2. The molecular weight excluding hydrogens is 396 g/mol. The van der Waals surface area contributed by atoms with Gasteiger partial charge in [0.2, 0.25) is 0 Å². The first-order valence-corrected chi connectivity index (χ1v) is 13.2. The van der Waals surface area contributed by atoms with E-state index in [1.807, 2.05) is 11.3 Å². The minimum absolute atomic E-state index is 0.879. The van der Waals surface area contributed by atoms with E-state index in [2.05, 4.69) is 31.9 Å². The molecule has 3 heterocycles. The molecule has 0 unspecified atom stereocenters. The molecule has 0 amide bonds. The first kappa shape index (κ1) is 20.9. The van der Waals surface area contributed by atoms with Gasteiger partial charge in [-0.1, -0.05) is 38.5 Å². The van der Waals surface area contributed by atoms with Gasteiger partial charge in [0.1, 0.15) is 4.83 Å². The smallest absolute Gasteiger partial charge is 0.189 e. The summed E-state index contributed by atoms with van der Waals surface area (Å²) in [5.74, 6) is 1.11. The Morgan fingerprint density at radius 3 is 2.52 bits per heavy atom. The van der Waals surface area contributed by atoms with Crippen LogP contribution in [0.25, 0.3) is 20.4 Å². The predicted molar refractivity (Wildman–Crippen MR) is 128 cm³/mol. The van der Waals surface area contributed by atoms with Gasteiger partial charge in [-0.3, -0.25) is 0 Å². The van der Waals surface area contributed by atoms with Crippen molar-refractivity contribution in [1.29, 1.82) is 0 Å². The Morgan fingerprint density at radius 2 is 1.79 bits per heavy atom. The zero-order valence-corrected chi connectivity index (χ0v) is 19.8. The standard InChI is InChI=1S/C23H32N4S2/c1-5-8-13-17-15-11-10-12-16(15)18-19-20(29-22(18)24-17)21(26-23(25-19)28-4)27(7-3)14-9-6-2/h5-14H2,1-4H3. The highest BCUT2D eigenvalue weighted by molar-refractivity contribution is 7.98. The maximum absolute atomic E-state index is 5.19.